The highest BCUT2D eigenvalue weighted by atomic mass is 16.3. The lowest BCUT2D eigenvalue weighted by Crippen LogP contribution is -2.26. The van der Waals surface area contributed by atoms with Crippen molar-refractivity contribution in [3.05, 3.63) is 23.8 Å². The summed E-state index contributed by atoms with van der Waals surface area (Å²) in [5.41, 5.74) is 0.881. The molecule has 1 aliphatic heterocycles. The van der Waals surface area contributed by atoms with E-state index in [0.29, 0.717) is 5.92 Å². The van der Waals surface area contributed by atoms with Crippen molar-refractivity contribution in [1.29, 1.82) is 0 Å². The fourth-order valence-corrected chi connectivity index (χ4v) is 2.01. The summed E-state index contributed by atoms with van der Waals surface area (Å²) in [5, 5.41) is 22.3. The molecule has 0 amide bonds. The zero-order valence-electron chi connectivity index (χ0n) is 8.03. The molecule has 0 aliphatic carbocycles. The van der Waals surface area contributed by atoms with E-state index in [-0.39, 0.29) is 11.5 Å². The van der Waals surface area contributed by atoms with Gasteiger partial charge in [-0.1, -0.05) is 12.1 Å². The second-order valence-corrected chi connectivity index (χ2v) is 3.74. The SMILES string of the molecule is Oc1cccc(C2CCNCC2)c1O. The summed E-state index contributed by atoms with van der Waals surface area (Å²) >= 11 is 0. The fourth-order valence-electron chi connectivity index (χ4n) is 2.01. The minimum absolute atomic E-state index is 0.0129. The van der Waals surface area contributed by atoms with Gasteiger partial charge in [-0.05, 0) is 37.9 Å². The summed E-state index contributed by atoms with van der Waals surface area (Å²) in [4.78, 5) is 0. The monoisotopic (exact) mass is 193 g/mol. The average molecular weight is 193 g/mol. The Hall–Kier alpha value is -1.22. The van der Waals surface area contributed by atoms with E-state index in [2.05, 4.69) is 5.32 Å². The molecule has 0 atom stereocenters. The molecule has 1 aliphatic rings. The number of phenolic OH excluding ortho intramolecular Hbond substituents is 2. The van der Waals surface area contributed by atoms with Gasteiger partial charge in [-0.3, -0.25) is 0 Å². The Morgan fingerprint density at radius 3 is 2.57 bits per heavy atom. The molecule has 0 bridgehead atoms. The third-order valence-corrected chi connectivity index (χ3v) is 2.82. The Morgan fingerprint density at radius 2 is 1.86 bits per heavy atom. The van der Waals surface area contributed by atoms with Crippen LogP contribution >= 0.6 is 0 Å². The van der Waals surface area contributed by atoms with Crippen molar-refractivity contribution in [1.82, 2.24) is 5.32 Å². The number of para-hydroxylation sites is 1. The smallest absolute Gasteiger partial charge is 0.160 e. The molecule has 1 heterocycles. The van der Waals surface area contributed by atoms with Crippen LogP contribution in [0.1, 0.15) is 24.3 Å². The number of rotatable bonds is 1. The molecule has 1 aromatic carbocycles. The van der Waals surface area contributed by atoms with Crippen molar-refractivity contribution in [3.63, 3.8) is 0 Å². The first-order valence-corrected chi connectivity index (χ1v) is 5.00. The van der Waals surface area contributed by atoms with Gasteiger partial charge in [0, 0.05) is 5.56 Å². The van der Waals surface area contributed by atoms with E-state index in [4.69, 9.17) is 0 Å². The van der Waals surface area contributed by atoms with Gasteiger partial charge < -0.3 is 15.5 Å². The van der Waals surface area contributed by atoms with Crippen molar-refractivity contribution < 1.29 is 10.2 Å². The summed E-state index contributed by atoms with van der Waals surface area (Å²) < 4.78 is 0. The van der Waals surface area contributed by atoms with Crippen molar-refractivity contribution in [2.75, 3.05) is 13.1 Å². The molecule has 3 nitrogen and oxygen atoms in total. The van der Waals surface area contributed by atoms with E-state index in [1.807, 2.05) is 6.07 Å². The molecule has 0 radical (unpaired) electrons. The Balaban J connectivity index is 2.26. The average Bonchev–Trinajstić information content (AvgIpc) is 2.23. The molecule has 0 aromatic heterocycles. The van der Waals surface area contributed by atoms with Crippen molar-refractivity contribution in [2.45, 2.75) is 18.8 Å². The van der Waals surface area contributed by atoms with Gasteiger partial charge in [0.15, 0.2) is 11.5 Å². The second-order valence-electron chi connectivity index (χ2n) is 3.74. The van der Waals surface area contributed by atoms with Crippen LogP contribution in [0.25, 0.3) is 0 Å². The highest BCUT2D eigenvalue weighted by molar-refractivity contribution is 5.46. The molecule has 1 fully saturated rings. The van der Waals surface area contributed by atoms with Gasteiger partial charge in [-0.2, -0.15) is 0 Å². The molecule has 1 aromatic rings. The quantitative estimate of drug-likeness (QED) is 0.593. The topological polar surface area (TPSA) is 52.5 Å². The largest absolute Gasteiger partial charge is 0.504 e. The van der Waals surface area contributed by atoms with Crippen LogP contribution in [0.2, 0.25) is 0 Å². The van der Waals surface area contributed by atoms with E-state index in [1.54, 1.807) is 6.07 Å². The Labute approximate surface area is 83.4 Å². The van der Waals surface area contributed by atoms with E-state index in [9.17, 15) is 10.2 Å². The lowest BCUT2D eigenvalue weighted by Gasteiger charge is -2.23. The fraction of sp³-hybridized carbons (Fsp3) is 0.455. The van der Waals surface area contributed by atoms with Crippen LogP contribution in [0.3, 0.4) is 0 Å². The van der Waals surface area contributed by atoms with Crippen LogP contribution in [0.5, 0.6) is 11.5 Å². The number of nitrogens with one attached hydrogen (secondary N) is 1. The van der Waals surface area contributed by atoms with Gasteiger partial charge in [0.2, 0.25) is 0 Å². The Morgan fingerprint density at radius 1 is 1.14 bits per heavy atom. The standard InChI is InChI=1S/C11H15NO2/c13-10-3-1-2-9(11(10)14)8-4-6-12-7-5-8/h1-3,8,12-14H,4-7H2. The Bertz CT molecular complexity index is 319. The summed E-state index contributed by atoms with van der Waals surface area (Å²) in [7, 11) is 0. The van der Waals surface area contributed by atoms with Gasteiger partial charge >= 0.3 is 0 Å². The van der Waals surface area contributed by atoms with E-state index in [0.717, 1.165) is 31.5 Å². The molecule has 14 heavy (non-hydrogen) atoms. The third kappa shape index (κ3) is 1.68. The minimum atomic E-state index is -0.0129. The molecule has 3 heteroatoms. The van der Waals surface area contributed by atoms with Crippen LogP contribution in [0, 0.1) is 0 Å². The van der Waals surface area contributed by atoms with Crippen LogP contribution in [-0.2, 0) is 0 Å². The lowest BCUT2D eigenvalue weighted by atomic mass is 9.89. The highest BCUT2D eigenvalue weighted by Crippen LogP contribution is 2.36. The minimum Gasteiger partial charge on any atom is -0.504 e. The lowest BCUT2D eigenvalue weighted by molar-refractivity contribution is 0.384. The first-order valence-electron chi connectivity index (χ1n) is 5.00. The first-order chi connectivity index (χ1) is 6.79. The zero-order valence-corrected chi connectivity index (χ0v) is 8.03. The highest BCUT2D eigenvalue weighted by Gasteiger charge is 2.19. The van der Waals surface area contributed by atoms with Crippen molar-refractivity contribution in [3.8, 4) is 11.5 Å². The number of hydrogen-bond acceptors (Lipinski definition) is 3. The third-order valence-electron chi connectivity index (χ3n) is 2.82. The van der Waals surface area contributed by atoms with Crippen LogP contribution in [0.15, 0.2) is 18.2 Å². The van der Waals surface area contributed by atoms with Gasteiger partial charge in [-0.15, -0.1) is 0 Å². The number of hydrogen-bond donors (Lipinski definition) is 3. The molecular formula is C11H15NO2. The van der Waals surface area contributed by atoms with Crippen LogP contribution < -0.4 is 5.32 Å². The molecule has 2 rings (SSSR count). The molecule has 0 unspecified atom stereocenters. The van der Waals surface area contributed by atoms with E-state index in [1.165, 1.54) is 6.07 Å². The van der Waals surface area contributed by atoms with Crippen LogP contribution in [-0.4, -0.2) is 23.3 Å². The molecule has 3 N–H and O–H groups in total. The molecule has 1 saturated heterocycles. The van der Waals surface area contributed by atoms with Gasteiger partial charge in [0.25, 0.3) is 0 Å². The first kappa shape index (κ1) is 9.34. The maximum absolute atomic E-state index is 9.68. The maximum atomic E-state index is 9.68. The van der Waals surface area contributed by atoms with E-state index >= 15 is 0 Å². The molecule has 0 saturated carbocycles. The molecule has 76 valence electrons. The summed E-state index contributed by atoms with van der Waals surface area (Å²) in [6.07, 6.45) is 2.05. The zero-order chi connectivity index (χ0) is 9.97. The van der Waals surface area contributed by atoms with Crippen LogP contribution in [0.4, 0.5) is 0 Å². The normalized spacial score (nSPS) is 18.3. The Kier molecular flexibility index (Phi) is 2.59. The van der Waals surface area contributed by atoms with Gasteiger partial charge in [0.1, 0.15) is 0 Å². The van der Waals surface area contributed by atoms with Gasteiger partial charge in [0.05, 0.1) is 0 Å². The summed E-state index contributed by atoms with van der Waals surface area (Å²) in [6.45, 7) is 1.97. The number of piperidine rings is 1. The second kappa shape index (κ2) is 3.88. The van der Waals surface area contributed by atoms with Gasteiger partial charge in [-0.25, -0.2) is 0 Å². The maximum Gasteiger partial charge on any atom is 0.160 e. The predicted octanol–water partition coefficient (Wildman–Crippen LogP) is 1.56. The molecule has 0 spiro atoms. The van der Waals surface area contributed by atoms with E-state index < -0.39 is 0 Å². The number of phenols is 2. The predicted molar refractivity (Wildman–Crippen MR) is 54.6 cm³/mol. The van der Waals surface area contributed by atoms with Crippen molar-refractivity contribution in [2.24, 2.45) is 0 Å². The van der Waals surface area contributed by atoms with Crippen molar-refractivity contribution >= 4 is 0 Å². The number of benzene rings is 1. The summed E-state index contributed by atoms with van der Waals surface area (Å²) in [6, 6.07) is 5.19. The molecular weight excluding hydrogens is 178 g/mol. The number of aromatic hydroxyl groups is 2. The summed E-state index contributed by atoms with van der Waals surface area (Å²) in [5.74, 6) is 0.420.